The minimum Gasteiger partial charge on any atom is -0.759 e. The summed E-state index contributed by atoms with van der Waals surface area (Å²) in [6.07, 6.45) is 1.55. The van der Waals surface area contributed by atoms with Crippen LogP contribution in [0.5, 0.6) is 0 Å². The quantitative estimate of drug-likeness (QED) is 0.305. The molecule has 18 heavy (non-hydrogen) atoms. The molecule has 0 bridgehead atoms. The van der Waals surface area contributed by atoms with Crippen LogP contribution in [0.3, 0.4) is 0 Å². The summed E-state index contributed by atoms with van der Waals surface area (Å²) in [5.74, 6) is 0. The number of ether oxygens (including phenoxy) is 1. The molecule has 4 atom stereocenters. The van der Waals surface area contributed by atoms with Crippen molar-refractivity contribution in [2.45, 2.75) is 44.5 Å². The number of rotatable bonds is 4. The number of aliphatic hydroxyl groups excluding tert-OH is 3. The number of hydrogen-bond acceptors (Lipinski definition) is 5. The Hall–Kier alpha value is 1.36. The second-order valence-corrected chi connectivity index (χ2v) is 8.10. The van der Waals surface area contributed by atoms with Crippen LogP contribution in [-0.4, -0.2) is 64.2 Å². The summed E-state index contributed by atoms with van der Waals surface area (Å²) >= 11 is 4.60. The molecule has 1 fully saturated rings. The van der Waals surface area contributed by atoms with Gasteiger partial charge in [0, 0.05) is 0 Å². The van der Waals surface area contributed by atoms with Gasteiger partial charge >= 0.3 is 22.4 Å². The van der Waals surface area contributed by atoms with Crippen molar-refractivity contribution >= 4 is 20.6 Å². The van der Waals surface area contributed by atoms with Crippen LogP contribution in [-0.2, 0) is 39.7 Å². The van der Waals surface area contributed by atoms with Gasteiger partial charge in [0.25, 0.3) is 0 Å². The maximum Gasteiger partial charge on any atom is 1.00 e. The Bertz CT molecular complexity index is 192. The van der Waals surface area contributed by atoms with Crippen LogP contribution in [0.2, 0.25) is 0 Å². The molecule has 1 rings (SSSR count). The van der Waals surface area contributed by atoms with Crippen LogP contribution in [0, 0.1) is 0 Å². The van der Waals surface area contributed by atoms with E-state index in [0.717, 1.165) is 0 Å². The van der Waals surface area contributed by atoms with Crippen molar-refractivity contribution in [3.63, 3.8) is 0 Å². The summed E-state index contributed by atoms with van der Waals surface area (Å²) in [6, 6.07) is 0. The van der Waals surface area contributed by atoms with E-state index in [-0.39, 0.29) is 36.9 Å². The molecule has 3 N–H and O–H groups in total. The Morgan fingerprint density at radius 2 is 1.50 bits per heavy atom. The first-order valence-electron chi connectivity index (χ1n) is 6.13. The SMILES string of the molecule is CC[PH+](CC)CC.OC[C@H]1O[C@H]([S-])C(O)[C@H]1O.[Au+]. The van der Waals surface area contributed by atoms with E-state index in [4.69, 9.17) is 20.1 Å². The fraction of sp³-hybridized carbons (Fsp3) is 1.00. The summed E-state index contributed by atoms with van der Waals surface area (Å²) in [4.78, 5) is 0. The maximum absolute atomic E-state index is 9.03. The number of hydrogen-bond donors (Lipinski definition) is 3. The van der Waals surface area contributed by atoms with E-state index >= 15 is 0 Å². The van der Waals surface area contributed by atoms with Gasteiger partial charge in [0.2, 0.25) is 0 Å². The van der Waals surface area contributed by atoms with Crippen molar-refractivity contribution in [2.75, 3.05) is 25.1 Å². The molecule has 7 heteroatoms. The van der Waals surface area contributed by atoms with Crippen molar-refractivity contribution < 1.29 is 42.4 Å². The first-order valence-corrected chi connectivity index (χ1v) is 8.72. The monoisotopic (exact) mass is 481 g/mol. The zero-order valence-electron chi connectivity index (χ0n) is 11.1. The van der Waals surface area contributed by atoms with E-state index in [1.807, 2.05) is 0 Å². The van der Waals surface area contributed by atoms with Crippen molar-refractivity contribution in [2.24, 2.45) is 0 Å². The Morgan fingerprint density at radius 1 is 1.06 bits per heavy atom. The third-order valence-electron chi connectivity index (χ3n) is 3.00. The third-order valence-corrected chi connectivity index (χ3v) is 6.39. The molecule has 1 aliphatic rings. The molecule has 1 aliphatic heterocycles. The van der Waals surface area contributed by atoms with Gasteiger partial charge in [0.05, 0.1) is 31.2 Å². The van der Waals surface area contributed by atoms with Crippen LogP contribution in [0.4, 0.5) is 0 Å². The molecule has 0 aliphatic carbocycles. The van der Waals surface area contributed by atoms with Gasteiger partial charge in [-0.2, -0.15) is 0 Å². The smallest absolute Gasteiger partial charge is 0.759 e. The molecule has 0 saturated carbocycles. The van der Waals surface area contributed by atoms with Crippen LogP contribution < -0.4 is 0 Å². The van der Waals surface area contributed by atoms with Crippen molar-refractivity contribution in [3.05, 3.63) is 0 Å². The Morgan fingerprint density at radius 3 is 1.61 bits per heavy atom. The zero-order valence-corrected chi connectivity index (χ0v) is 15.1. The Balaban J connectivity index is 0. The van der Waals surface area contributed by atoms with E-state index in [1.165, 1.54) is 18.5 Å². The molecular weight excluding hydrogens is 456 g/mol. The van der Waals surface area contributed by atoms with Gasteiger partial charge in [0.1, 0.15) is 12.2 Å². The fourth-order valence-electron chi connectivity index (χ4n) is 1.62. The Labute approximate surface area is 132 Å². The largest absolute Gasteiger partial charge is 1.00 e. The van der Waals surface area contributed by atoms with E-state index in [9.17, 15) is 0 Å². The van der Waals surface area contributed by atoms with Crippen molar-refractivity contribution in [1.29, 1.82) is 0 Å². The van der Waals surface area contributed by atoms with Gasteiger partial charge in [-0.1, -0.05) is 0 Å². The molecule has 1 unspecified atom stereocenters. The van der Waals surface area contributed by atoms with E-state index in [0.29, 0.717) is 0 Å². The molecule has 0 aromatic heterocycles. The maximum atomic E-state index is 9.03. The molecule has 0 radical (unpaired) electrons. The van der Waals surface area contributed by atoms with Gasteiger partial charge < -0.3 is 32.7 Å². The molecule has 0 amide bonds. The average molecular weight is 481 g/mol. The topological polar surface area (TPSA) is 69.9 Å². The number of aliphatic hydroxyl groups is 3. The fourth-order valence-corrected chi connectivity index (χ4v) is 3.42. The third kappa shape index (κ3) is 7.22. The van der Waals surface area contributed by atoms with Gasteiger partial charge in [-0.25, -0.2) is 0 Å². The van der Waals surface area contributed by atoms with Gasteiger partial charge in [-0.3, -0.25) is 0 Å². The van der Waals surface area contributed by atoms with E-state index < -0.39 is 23.7 Å². The molecule has 4 nitrogen and oxygen atoms in total. The summed E-state index contributed by atoms with van der Waals surface area (Å²) < 4.78 is 4.80. The summed E-state index contributed by atoms with van der Waals surface area (Å²) in [7, 11) is 0.137. The van der Waals surface area contributed by atoms with Gasteiger partial charge in [0.15, 0.2) is 0 Å². The first-order chi connectivity index (χ1) is 8.01. The average Bonchev–Trinajstić information content (AvgIpc) is 2.59. The Kier molecular flexibility index (Phi) is 14.6. The molecular formula is C11H25AuO4PS+. The standard InChI is InChI=1S/C6H15P.C5H10O4S.Au/c1-4-7(5-2)6-3;6-1-2-3(7)4(8)5(10)9-2;/h4-6H2,1-3H3;2-8,10H,1H2;/q;;+1/t;2-,3+,4?,5-;/m.1./s1. The minimum atomic E-state index is -1.05. The second kappa shape index (κ2) is 12.1. The molecule has 0 aromatic carbocycles. The summed E-state index contributed by atoms with van der Waals surface area (Å²) in [5.41, 5.74) is -0.799. The van der Waals surface area contributed by atoms with Gasteiger partial charge in [-0.05, 0) is 34.1 Å². The van der Waals surface area contributed by atoms with Crippen LogP contribution in [0.1, 0.15) is 20.8 Å². The van der Waals surface area contributed by atoms with Gasteiger partial charge in [-0.15, -0.1) is 0 Å². The van der Waals surface area contributed by atoms with Crippen LogP contribution >= 0.6 is 7.92 Å². The van der Waals surface area contributed by atoms with Crippen LogP contribution in [0.25, 0.3) is 0 Å². The molecule has 1 heterocycles. The van der Waals surface area contributed by atoms with Crippen molar-refractivity contribution in [3.8, 4) is 0 Å². The zero-order chi connectivity index (χ0) is 13.4. The molecule has 0 aromatic rings. The molecule has 0 spiro atoms. The predicted molar refractivity (Wildman–Crippen MR) is 75.1 cm³/mol. The first kappa shape index (κ1) is 21.7. The molecule has 114 valence electrons. The minimum absolute atomic E-state index is 0. The van der Waals surface area contributed by atoms with Crippen LogP contribution in [0.15, 0.2) is 0 Å². The summed E-state index contributed by atoms with van der Waals surface area (Å²) in [6.45, 7) is 6.61. The molecule has 1 saturated heterocycles. The van der Waals surface area contributed by atoms with Crippen molar-refractivity contribution in [1.82, 2.24) is 0 Å². The second-order valence-electron chi connectivity index (χ2n) is 4.02. The summed E-state index contributed by atoms with van der Waals surface area (Å²) in [5, 5.41) is 26.5. The van der Waals surface area contributed by atoms with E-state index in [2.05, 4.69) is 33.4 Å². The normalized spacial score (nSPS) is 30.7. The van der Waals surface area contributed by atoms with E-state index in [1.54, 1.807) is 0 Å². The predicted octanol–water partition coefficient (Wildman–Crippen LogP) is 0.230.